The van der Waals surface area contributed by atoms with Crippen LogP contribution in [0.5, 0.6) is 0 Å². The second-order valence-electron chi connectivity index (χ2n) is 2.58. The fourth-order valence-corrected chi connectivity index (χ4v) is 4.38. The Morgan fingerprint density at radius 1 is 0.933 bits per heavy atom. The zero-order chi connectivity index (χ0) is 11.9. The van der Waals surface area contributed by atoms with Gasteiger partial charge in [-0.3, -0.25) is 0 Å². The molecule has 0 aromatic rings. The third-order valence-electron chi connectivity index (χ3n) is 1.68. The van der Waals surface area contributed by atoms with E-state index in [1.807, 2.05) is 13.8 Å². The summed E-state index contributed by atoms with van der Waals surface area (Å²) in [7, 11) is 3.04. The average molecular weight is 292 g/mol. The average Bonchev–Trinajstić information content (AvgIpc) is 2.26. The van der Waals surface area contributed by atoms with Crippen LogP contribution in [-0.2, 0) is 41.7 Å². The van der Waals surface area contributed by atoms with Crippen molar-refractivity contribution in [3.8, 4) is 0 Å². The van der Waals surface area contributed by atoms with E-state index in [0.717, 1.165) is 0 Å². The van der Waals surface area contributed by atoms with Gasteiger partial charge in [-0.1, -0.05) is 6.92 Å². The topological polar surface area (TPSA) is 36.9 Å². The first-order valence-electron chi connectivity index (χ1n) is 4.54. The van der Waals surface area contributed by atoms with Crippen LogP contribution in [0.3, 0.4) is 0 Å². The molecule has 1 unspecified atom stereocenters. The molecular weight excluding hydrogens is 274 g/mol. The molecule has 0 heterocycles. The maximum atomic E-state index is 5.57. The Morgan fingerprint density at radius 3 is 1.80 bits per heavy atom. The van der Waals surface area contributed by atoms with Gasteiger partial charge in [0.25, 0.3) is 0 Å². The van der Waals surface area contributed by atoms with E-state index in [0.29, 0.717) is 12.8 Å². The summed E-state index contributed by atoms with van der Waals surface area (Å²) in [5.74, 6) is 0. The maximum Gasteiger partial charge on any atom is 0.214 e. The van der Waals surface area contributed by atoms with E-state index in [1.54, 1.807) is 0 Å². The molecule has 0 spiro atoms. The molecule has 0 bridgehead atoms. The molecule has 0 aliphatic heterocycles. The largest absolute Gasteiger partial charge is 0.331 e. The molecular formula is C7H18O4P2S2. The first-order chi connectivity index (χ1) is 6.95. The van der Waals surface area contributed by atoms with Gasteiger partial charge in [-0.2, -0.15) is 0 Å². The molecule has 0 saturated heterocycles. The number of hydrogen-bond acceptors (Lipinski definition) is 6. The van der Waals surface area contributed by atoms with E-state index in [9.17, 15) is 0 Å². The van der Waals surface area contributed by atoms with Gasteiger partial charge in [-0.15, -0.1) is 0 Å². The molecule has 0 aliphatic rings. The van der Waals surface area contributed by atoms with E-state index in [1.165, 1.54) is 14.2 Å². The van der Waals surface area contributed by atoms with Crippen LogP contribution in [0.4, 0.5) is 0 Å². The summed E-state index contributed by atoms with van der Waals surface area (Å²) in [5, 5.41) is 0. The minimum Gasteiger partial charge on any atom is -0.331 e. The molecule has 0 N–H and O–H groups in total. The summed E-state index contributed by atoms with van der Waals surface area (Å²) in [6, 6.07) is 0. The number of hydrogen-bond donors (Lipinski definition) is 0. The van der Waals surface area contributed by atoms with Gasteiger partial charge in [-0.25, -0.2) is 0 Å². The van der Waals surface area contributed by atoms with Crippen molar-refractivity contribution in [2.75, 3.05) is 33.3 Å². The summed E-state index contributed by atoms with van der Waals surface area (Å²) in [6.07, 6.45) is 0.888. The molecule has 0 amide bonds. The van der Waals surface area contributed by atoms with Crippen LogP contribution < -0.4 is 0 Å². The summed E-state index contributed by atoms with van der Waals surface area (Å²) in [4.78, 5) is 0. The first-order valence-corrected chi connectivity index (χ1v) is 10.2. The summed E-state index contributed by atoms with van der Waals surface area (Å²) in [5.41, 5.74) is 0. The van der Waals surface area contributed by atoms with Crippen LogP contribution in [-0.4, -0.2) is 33.3 Å². The first kappa shape index (κ1) is 16.1. The van der Waals surface area contributed by atoms with Crippen LogP contribution in [0.25, 0.3) is 0 Å². The number of rotatable bonds is 8. The normalized spacial score (nSPS) is 16.3. The minimum absolute atomic E-state index is 0.209. The Bertz CT molecular complexity index is 264. The third-order valence-corrected chi connectivity index (χ3v) is 8.01. The highest BCUT2D eigenvalue weighted by Gasteiger charge is 2.22. The standard InChI is InChI=1S/C7H18O4P2S2/c1-5-10-12(14,6-2)11-7-13(15,8-3)9-4/h5-7H2,1-4H3. The van der Waals surface area contributed by atoms with Crippen LogP contribution in [0.1, 0.15) is 13.8 Å². The van der Waals surface area contributed by atoms with Gasteiger partial charge < -0.3 is 18.1 Å². The Morgan fingerprint density at radius 2 is 1.47 bits per heavy atom. The summed E-state index contributed by atoms with van der Waals surface area (Å²) in [6.45, 7) is -0.126. The van der Waals surface area contributed by atoms with E-state index >= 15 is 0 Å². The Hall–Kier alpha value is 1.14. The molecule has 92 valence electrons. The summed E-state index contributed by atoms with van der Waals surface area (Å²) >= 11 is 10.5. The summed E-state index contributed by atoms with van der Waals surface area (Å²) < 4.78 is 21.2. The smallest absolute Gasteiger partial charge is 0.214 e. The fraction of sp³-hybridized carbons (Fsp3) is 1.00. The molecule has 0 saturated carbocycles. The van der Waals surface area contributed by atoms with Gasteiger partial charge >= 0.3 is 0 Å². The lowest BCUT2D eigenvalue weighted by atomic mass is 10.9. The lowest BCUT2D eigenvalue weighted by Gasteiger charge is -2.24. The van der Waals surface area contributed by atoms with Crippen molar-refractivity contribution in [1.82, 2.24) is 0 Å². The predicted molar refractivity (Wildman–Crippen MR) is 70.7 cm³/mol. The zero-order valence-electron chi connectivity index (χ0n) is 9.47. The lowest BCUT2D eigenvalue weighted by Crippen LogP contribution is -2.02. The van der Waals surface area contributed by atoms with E-state index in [4.69, 9.17) is 41.7 Å². The fourth-order valence-electron chi connectivity index (χ4n) is 0.755. The highest BCUT2D eigenvalue weighted by atomic mass is 32.5. The molecule has 0 aromatic heterocycles. The highest BCUT2D eigenvalue weighted by molar-refractivity contribution is 8.11. The van der Waals surface area contributed by atoms with Crippen LogP contribution >= 0.6 is 13.0 Å². The van der Waals surface area contributed by atoms with Gasteiger partial charge in [0.2, 0.25) is 6.49 Å². The van der Waals surface area contributed by atoms with E-state index in [2.05, 4.69) is 0 Å². The van der Waals surface area contributed by atoms with Crippen molar-refractivity contribution in [2.45, 2.75) is 13.8 Å². The van der Waals surface area contributed by atoms with Crippen molar-refractivity contribution in [3.63, 3.8) is 0 Å². The second kappa shape index (κ2) is 7.46. The minimum atomic E-state index is -2.32. The van der Waals surface area contributed by atoms with Gasteiger partial charge in [0.1, 0.15) is 6.35 Å². The molecule has 8 heteroatoms. The van der Waals surface area contributed by atoms with Crippen molar-refractivity contribution < 1.29 is 18.1 Å². The Balaban J connectivity index is 4.34. The monoisotopic (exact) mass is 292 g/mol. The Labute approximate surface area is 102 Å². The van der Waals surface area contributed by atoms with E-state index < -0.39 is 13.0 Å². The van der Waals surface area contributed by atoms with Crippen LogP contribution in [0, 0.1) is 0 Å². The van der Waals surface area contributed by atoms with E-state index in [-0.39, 0.29) is 6.35 Å². The zero-order valence-corrected chi connectivity index (χ0v) is 12.9. The van der Waals surface area contributed by atoms with Gasteiger partial charge in [0.15, 0.2) is 6.49 Å². The molecule has 0 aromatic carbocycles. The Kier molecular flexibility index (Phi) is 8.03. The van der Waals surface area contributed by atoms with Crippen molar-refractivity contribution in [1.29, 1.82) is 0 Å². The van der Waals surface area contributed by atoms with Gasteiger partial charge in [0, 0.05) is 20.4 Å². The highest BCUT2D eigenvalue weighted by Crippen LogP contribution is 2.55. The van der Waals surface area contributed by atoms with Crippen molar-refractivity contribution >= 4 is 36.6 Å². The SMILES string of the molecule is CCOP(=S)(CC)OCP(=S)(OC)OC. The maximum absolute atomic E-state index is 5.57. The van der Waals surface area contributed by atoms with Gasteiger partial charge in [-0.05, 0) is 30.5 Å². The third kappa shape index (κ3) is 5.85. The predicted octanol–water partition coefficient (Wildman–Crippen LogP) is 2.93. The van der Waals surface area contributed by atoms with Crippen molar-refractivity contribution in [3.05, 3.63) is 0 Å². The molecule has 0 fully saturated rings. The molecule has 0 radical (unpaired) electrons. The van der Waals surface area contributed by atoms with Crippen LogP contribution in [0.2, 0.25) is 0 Å². The van der Waals surface area contributed by atoms with Crippen LogP contribution in [0.15, 0.2) is 0 Å². The molecule has 0 aliphatic carbocycles. The van der Waals surface area contributed by atoms with Gasteiger partial charge in [0.05, 0.1) is 6.61 Å². The van der Waals surface area contributed by atoms with Crippen molar-refractivity contribution in [2.24, 2.45) is 0 Å². The molecule has 15 heavy (non-hydrogen) atoms. The second-order valence-corrected chi connectivity index (χ2v) is 10.5. The quantitative estimate of drug-likeness (QED) is 0.640. The molecule has 1 atom stereocenters. The molecule has 0 rings (SSSR count). The lowest BCUT2D eigenvalue weighted by molar-refractivity contribution is 0.259. The molecule has 4 nitrogen and oxygen atoms in total.